The van der Waals surface area contributed by atoms with Crippen LogP contribution in [0.15, 0.2) is 71.4 Å². The lowest BCUT2D eigenvalue weighted by Crippen LogP contribution is -2.20. The maximum atomic E-state index is 12.3. The van der Waals surface area contributed by atoms with Crippen LogP contribution in [0.2, 0.25) is 0 Å². The average molecular weight is 568 g/mol. The largest absolute Gasteiger partial charge is 0.488 e. The van der Waals surface area contributed by atoms with Crippen LogP contribution in [-0.2, 0) is 20.9 Å². The van der Waals surface area contributed by atoms with E-state index in [0.717, 1.165) is 29.2 Å². The lowest BCUT2D eigenvalue weighted by molar-refractivity contribution is -0.117. The standard InChI is InChI=1S/C32H33N5O5/c1-20(18-39-12-13-40-19-21-6-4-3-5-7-21)41-23-10-11-28-27(14-23)36-32(42-28)26-17-35-30(33-2)25-16-34-29(15-24(25)26)37-31(38)22-8-9-22/h3-7,10-11,14-17,20,22H,8-9,12-13,18-19H2,1-2H3,(H,33,35)(H,34,37,38). The van der Waals surface area contributed by atoms with Crippen LogP contribution < -0.4 is 15.4 Å². The highest BCUT2D eigenvalue weighted by Gasteiger charge is 2.30. The van der Waals surface area contributed by atoms with Crippen LogP contribution in [0.5, 0.6) is 5.75 Å². The van der Waals surface area contributed by atoms with Crippen molar-refractivity contribution >= 4 is 39.4 Å². The number of hydrogen-bond acceptors (Lipinski definition) is 9. The zero-order chi connectivity index (χ0) is 28.9. The summed E-state index contributed by atoms with van der Waals surface area (Å²) in [6.07, 6.45) is 5.09. The van der Waals surface area contributed by atoms with Crippen LogP contribution in [0.1, 0.15) is 25.3 Å². The molecule has 5 aromatic rings. The summed E-state index contributed by atoms with van der Waals surface area (Å²) < 4.78 is 23.6. The molecule has 0 aliphatic heterocycles. The molecule has 0 spiro atoms. The van der Waals surface area contributed by atoms with Gasteiger partial charge in [0.2, 0.25) is 11.8 Å². The summed E-state index contributed by atoms with van der Waals surface area (Å²) in [7, 11) is 1.80. The highest BCUT2D eigenvalue weighted by atomic mass is 16.5. The Balaban J connectivity index is 1.11. The van der Waals surface area contributed by atoms with E-state index in [4.69, 9.17) is 23.6 Å². The van der Waals surface area contributed by atoms with E-state index in [-0.39, 0.29) is 17.9 Å². The van der Waals surface area contributed by atoms with E-state index in [9.17, 15) is 4.79 Å². The van der Waals surface area contributed by atoms with Crippen LogP contribution in [0, 0.1) is 5.92 Å². The predicted octanol–water partition coefficient (Wildman–Crippen LogP) is 5.83. The number of fused-ring (bicyclic) bond motifs is 2. The van der Waals surface area contributed by atoms with E-state index >= 15 is 0 Å². The van der Waals surface area contributed by atoms with E-state index < -0.39 is 0 Å². The highest BCUT2D eigenvalue weighted by molar-refractivity contribution is 6.03. The lowest BCUT2D eigenvalue weighted by Gasteiger charge is -2.15. The number of hydrogen-bond donors (Lipinski definition) is 2. The fourth-order valence-corrected chi connectivity index (χ4v) is 4.64. The Morgan fingerprint density at radius 2 is 1.86 bits per heavy atom. The summed E-state index contributed by atoms with van der Waals surface area (Å²) in [5.41, 5.74) is 3.12. The number of carbonyl (C=O) groups excluding carboxylic acids is 1. The van der Waals surface area contributed by atoms with Crippen molar-refractivity contribution < 1.29 is 23.4 Å². The van der Waals surface area contributed by atoms with Crippen LogP contribution in [0.3, 0.4) is 0 Å². The number of aromatic nitrogens is 3. The normalized spacial score (nSPS) is 13.8. The Bertz CT molecular complexity index is 1690. The molecule has 0 saturated heterocycles. The van der Waals surface area contributed by atoms with Crippen molar-refractivity contribution in [3.8, 4) is 17.2 Å². The third-order valence-electron chi connectivity index (χ3n) is 6.97. The molecule has 0 radical (unpaired) electrons. The molecule has 10 nitrogen and oxygen atoms in total. The number of nitrogens with zero attached hydrogens (tertiary/aromatic N) is 3. The maximum absolute atomic E-state index is 12.3. The van der Waals surface area contributed by atoms with E-state index in [1.54, 1.807) is 19.4 Å². The van der Waals surface area contributed by atoms with Gasteiger partial charge in [0, 0.05) is 42.2 Å². The molecule has 1 fully saturated rings. The van der Waals surface area contributed by atoms with Gasteiger partial charge in [-0.1, -0.05) is 30.3 Å². The number of nitrogens with one attached hydrogen (secondary N) is 2. The zero-order valence-electron chi connectivity index (χ0n) is 23.6. The van der Waals surface area contributed by atoms with E-state index in [1.165, 1.54) is 0 Å². The highest BCUT2D eigenvalue weighted by Crippen LogP contribution is 2.35. The Morgan fingerprint density at radius 3 is 2.67 bits per heavy atom. The van der Waals surface area contributed by atoms with Gasteiger partial charge in [0.05, 0.1) is 32.0 Å². The van der Waals surface area contributed by atoms with Gasteiger partial charge in [-0.2, -0.15) is 0 Å². The molecular formula is C32H33N5O5. The Kier molecular flexibility index (Phi) is 8.25. The number of pyridine rings is 2. The molecule has 6 rings (SSSR count). The number of benzene rings is 2. The second-order valence-corrected chi connectivity index (χ2v) is 10.3. The van der Waals surface area contributed by atoms with Gasteiger partial charge in [-0.15, -0.1) is 0 Å². The minimum absolute atomic E-state index is 0.00305. The Hall–Kier alpha value is -4.54. The number of anilines is 2. The molecule has 216 valence electrons. The summed E-state index contributed by atoms with van der Waals surface area (Å²) in [5.74, 6) is 2.32. The van der Waals surface area contributed by atoms with Crippen LogP contribution in [0.4, 0.5) is 11.6 Å². The van der Waals surface area contributed by atoms with Crippen molar-refractivity contribution in [3.63, 3.8) is 0 Å². The molecule has 1 saturated carbocycles. The molecule has 1 aliphatic rings. The number of amides is 1. The van der Waals surface area contributed by atoms with Crippen LogP contribution >= 0.6 is 0 Å². The van der Waals surface area contributed by atoms with Gasteiger partial charge in [-0.3, -0.25) is 4.79 Å². The Morgan fingerprint density at radius 1 is 1.02 bits per heavy atom. The first-order chi connectivity index (χ1) is 20.6. The number of carbonyl (C=O) groups is 1. The van der Waals surface area contributed by atoms with Crippen molar-refractivity contribution in [2.24, 2.45) is 5.92 Å². The summed E-state index contributed by atoms with van der Waals surface area (Å²) in [4.78, 5) is 26.0. The maximum Gasteiger partial charge on any atom is 0.229 e. The van der Waals surface area contributed by atoms with Gasteiger partial charge in [-0.25, -0.2) is 15.0 Å². The Labute approximate surface area is 243 Å². The van der Waals surface area contributed by atoms with Gasteiger partial charge in [0.1, 0.15) is 29.0 Å². The van der Waals surface area contributed by atoms with Crippen molar-refractivity contribution in [1.29, 1.82) is 0 Å². The summed E-state index contributed by atoms with van der Waals surface area (Å²) in [6.45, 7) is 3.95. The fraction of sp³-hybridized carbons (Fsp3) is 0.312. The molecule has 3 aromatic heterocycles. The van der Waals surface area contributed by atoms with Gasteiger partial charge in [0.15, 0.2) is 5.58 Å². The van der Waals surface area contributed by atoms with Crippen molar-refractivity contribution in [2.75, 3.05) is 37.5 Å². The first-order valence-corrected chi connectivity index (χ1v) is 14.1. The molecule has 42 heavy (non-hydrogen) atoms. The SMILES string of the molecule is CNc1ncc(-c2nc3cc(OC(C)COCCOCc4ccccc4)ccc3o2)c2cc(NC(=O)C3CC3)ncc12. The topological polar surface area (TPSA) is 121 Å². The molecule has 1 atom stereocenters. The minimum atomic E-state index is -0.165. The molecule has 1 amide bonds. The van der Waals surface area contributed by atoms with Gasteiger partial charge in [-0.05, 0) is 43.5 Å². The molecule has 2 N–H and O–H groups in total. The van der Waals surface area contributed by atoms with Crippen molar-refractivity contribution in [1.82, 2.24) is 15.0 Å². The summed E-state index contributed by atoms with van der Waals surface area (Å²) in [5, 5.41) is 7.63. The van der Waals surface area contributed by atoms with E-state index in [1.807, 2.05) is 61.5 Å². The fourth-order valence-electron chi connectivity index (χ4n) is 4.64. The summed E-state index contributed by atoms with van der Waals surface area (Å²) >= 11 is 0. The molecule has 1 unspecified atom stereocenters. The molecule has 1 aliphatic carbocycles. The molecule has 2 aromatic carbocycles. The van der Waals surface area contributed by atoms with Crippen LogP contribution in [-0.4, -0.2) is 53.8 Å². The van der Waals surface area contributed by atoms with Crippen LogP contribution in [0.25, 0.3) is 33.3 Å². The van der Waals surface area contributed by atoms with Crippen molar-refractivity contribution in [3.05, 3.63) is 72.6 Å². The lowest BCUT2D eigenvalue weighted by atomic mass is 10.1. The second-order valence-electron chi connectivity index (χ2n) is 10.3. The molecular weight excluding hydrogens is 534 g/mol. The second kappa shape index (κ2) is 12.5. The van der Waals surface area contributed by atoms with E-state index in [2.05, 4.69) is 20.6 Å². The molecule has 3 heterocycles. The number of ether oxygens (including phenoxy) is 3. The average Bonchev–Trinajstić information content (AvgIpc) is 3.78. The molecule has 10 heteroatoms. The third kappa shape index (κ3) is 6.50. The first kappa shape index (κ1) is 27.6. The molecule has 0 bridgehead atoms. The first-order valence-electron chi connectivity index (χ1n) is 14.1. The summed E-state index contributed by atoms with van der Waals surface area (Å²) in [6, 6.07) is 17.4. The third-order valence-corrected chi connectivity index (χ3v) is 6.97. The van der Waals surface area contributed by atoms with Gasteiger partial charge < -0.3 is 29.3 Å². The monoisotopic (exact) mass is 567 g/mol. The predicted molar refractivity (Wildman–Crippen MR) is 160 cm³/mol. The minimum Gasteiger partial charge on any atom is -0.488 e. The zero-order valence-corrected chi connectivity index (χ0v) is 23.6. The van der Waals surface area contributed by atoms with E-state index in [0.29, 0.717) is 66.4 Å². The number of rotatable bonds is 13. The van der Waals surface area contributed by atoms with Crippen molar-refractivity contribution in [2.45, 2.75) is 32.5 Å². The van der Waals surface area contributed by atoms with Gasteiger partial charge >= 0.3 is 0 Å². The number of oxazole rings is 1. The quantitative estimate of drug-likeness (QED) is 0.169. The van der Waals surface area contributed by atoms with Gasteiger partial charge in [0.25, 0.3) is 0 Å². The smallest absolute Gasteiger partial charge is 0.229 e.